The Morgan fingerprint density at radius 2 is 1.94 bits per heavy atom. The summed E-state index contributed by atoms with van der Waals surface area (Å²) in [4.78, 5) is 23.4. The van der Waals surface area contributed by atoms with Crippen LogP contribution in [0.25, 0.3) is 5.69 Å². The minimum atomic E-state index is -0.922. The molecule has 3 N–H and O–H groups in total. The van der Waals surface area contributed by atoms with E-state index in [1.54, 1.807) is 36.7 Å². The molecular formula is C23H29N4O5-. The van der Waals surface area contributed by atoms with Crippen molar-refractivity contribution in [3.05, 3.63) is 58.6 Å². The molecule has 0 spiro atoms. The van der Waals surface area contributed by atoms with E-state index in [9.17, 15) is 20.0 Å². The molecule has 1 heterocycles. The average Bonchev–Trinajstić information content (AvgIpc) is 3.23. The van der Waals surface area contributed by atoms with Crippen molar-refractivity contribution in [3.63, 3.8) is 0 Å². The first-order chi connectivity index (χ1) is 15.0. The Bertz CT molecular complexity index is 1040. The second-order valence-corrected chi connectivity index (χ2v) is 9.07. The van der Waals surface area contributed by atoms with Crippen LogP contribution >= 0.6 is 0 Å². The van der Waals surface area contributed by atoms with Gasteiger partial charge in [-0.1, -0.05) is 38.1 Å². The maximum Gasteiger partial charge on any atom is 0.303 e. The van der Waals surface area contributed by atoms with Crippen LogP contribution in [0, 0.1) is 24.5 Å². The van der Waals surface area contributed by atoms with Gasteiger partial charge in [0.2, 0.25) is 5.91 Å². The summed E-state index contributed by atoms with van der Waals surface area (Å²) in [7, 11) is 0. The molecule has 0 fully saturated rings. The summed E-state index contributed by atoms with van der Waals surface area (Å²) in [5.74, 6) is -1.07. The molecule has 9 heteroatoms. The third kappa shape index (κ3) is 5.17. The lowest BCUT2D eigenvalue weighted by Gasteiger charge is -2.24. The summed E-state index contributed by atoms with van der Waals surface area (Å²) >= 11 is 0. The van der Waals surface area contributed by atoms with E-state index in [1.165, 1.54) is 6.07 Å². The summed E-state index contributed by atoms with van der Waals surface area (Å²) in [5.41, 5.74) is 2.61. The largest absolute Gasteiger partial charge is 0.733 e. The van der Waals surface area contributed by atoms with Crippen molar-refractivity contribution in [1.82, 2.24) is 15.1 Å². The number of carboxylic acid groups (broad SMARTS) is 1. The van der Waals surface area contributed by atoms with Gasteiger partial charge in [-0.3, -0.25) is 14.8 Å². The molecule has 1 aromatic heterocycles. The van der Waals surface area contributed by atoms with Crippen LogP contribution < -0.4 is 10.5 Å². The summed E-state index contributed by atoms with van der Waals surface area (Å²) in [5, 5.41) is 37.4. The van der Waals surface area contributed by atoms with Crippen LogP contribution in [0.2, 0.25) is 0 Å². The van der Waals surface area contributed by atoms with E-state index in [0.29, 0.717) is 12.1 Å². The molecule has 0 bridgehead atoms. The highest BCUT2D eigenvalue weighted by Crippen LogP contribution is 2.35. The molecular weight excluding hydrogens is 412 g/mol. The van der Waals surface area contributed by atoms with Crippen molar-refractivity contribution in [2.75, 3.05) is 5.23 Å². The fourth-order valence-corrected chi connectivity index (χ4v) is 4.42. The third-order valence-electron chi connectivity index (χ3n) is 5.73. The lowest BCUT2D eigenvalue weighted by molar-refractivity contribution is -0.139. The second kappa shape index (κ2) is 9.13. The predicted molar refractivity (Wildman–Crippen MR) is 120 cm³/mol. The van der Waals surface area contributed by atoms with Crippen LogP contribution in [-0.4, -0.2) is 38.0 Å². The topological polar surface area (TPSA) is 131 Å². The van der Waals surface area contributed by atoms with Gasteiger partial charge in [0.15, 0.2) is 0 Å². The van der Waals surface area contributed by atoms with Gasteiger partial charge in [-0.2, -0.15) is 5.10 Å². The normalized spacial score (nSPS) is 18.1. The molecule has 0 radical (unpaired) electrons. The zero-order chi connectivity index (χ0) is 23.6. The molecule has 0 saturated carbocycles. The number of hydrogen-bond donors (Lipinski definition) is 3. The van der Waals surface area contributed by atoms with E-state index >= 15 is 0 Å². The molecule has 1 amide bonds. The average molecular weight is 442 g/mol. The first kappa shape index (κ1) is 23.5. The van der Waals surface area contributed by atoms with Crippen molar-refractivity contribution in [2.45, 2.75) is 58.9 Å². The molecule has 9 nitrogen and oxygen atoms in total. The highest BCUT2D eigenvalue weighted by Gasteiger charge is 2.30. The number of aliphatic carboxylic acids is 1. The quantitative estimate of drug-likeness (QED) is 0.421. The van der Waals surface area contributed by atoms with Crippen molar-refractivity contribution in [1.29, 1.82) is 0 Å². The van der Waals surface area contributed by atoms with Gasteiger partial charge < -0.3 is 20.9 Å². The number of hydrogen-bond acceptors (Lipinski definition) is 6. The van der Waals surface area contributed by atoms with E-state index in [2.05, 4.69) is 10.4 Å². The van der Waals surface area contributed by atoms with Gasteiger partial charge in [0.25, 0.3) is 0 Å². The van der Waals surface area contributed by atoms with Gasteiger partial charge in [-0.15, -0.1) is 0 Å². The zero-order valence-electron chi connectivity index (χ0n) is 18.7. The molecule has 1 aromatic carbocycles. The number of carboxylic acids is 1. The molecule has 2 aromatic rings. The molecule has 172 valence electrons. The molecule has 32 heavy (non-hydrogen) atoms. The van der Waals surface area contributed by atoms with Gasteiger partial charge in [0.05, 0.1) is 23.5 Å². The molecule has 1 aliphatic carbocycles. The lowest BCUT2D eigenvalue weighted by Crippen LogP contribution is -2.36. The van der Waals surface area contributed by atoms with Crippen molar-refractivity contribution >= 4 is 17.6 Å². The standard InChI is InChI=1S/C23H29N4O5/c1-14-22(15(2)26(25-14)18-7-5-6-8-19(18)27(31)32)16-9-10-17(11-16)24-20(28)12-23(3,4)13-21(29)30/h5-10,16-17,31H,11-13H2,1-4H3,(H,24,28)(H,29,30)/q-1/t16-,17-/m1/s1. The Balaban J connectivity index is 1.73. The molecule has 3 rings (SSSR count). The first-order valence-electron chi connectivity index (χ1n) is 10.5. The van der Waals surface area contributed by atoms with Crippen LogP contribution in [0.5, 0.6) is 0 Å². The van der Waals surface area contributed by atoms with Gasteiger partial charge in [-0.25, -0.2) is 4.68 Å². The summed E-state index contributed by atoms with van der Waals surface area (Å²) in [6.45, 7) is 7.33. The van der Waals surface area contributed by atoms with Crippen LogP contribution in [0.3, 0.4) is 0 Å². The highest BCUT2D eigenvalue weighted by atomic mass is 16.8. The van der Waals surface area contributed by atoms with Gasteiger partial charge >= 0.3 is 5.97 Å². The molecule has 0 aliphatic heterocycles. The number of nitrogens with one attached hydrogen (secondary N) is 1. The maximum atomic E-state index is 12.5. The van der Waals surface area contributed by atoms with Gasteiger partial charge in [0, 0.05) is 29.6 Å². The number of rotatable bonds is 8. The maximum absolute atomic E-state index is 12.5. The second-order valence-electron chi connectivity index (χ2n) is 9.07. The Hall–Kier alpha value is -3.17. The minimum Gasteiger partial charge on any atom is -0.733 e. The van der Waals surface area contributed by atoms with Gasteiger partial charge in [-0.05, 0) is 37.8 Å². The molecule has 0 saturated heterocycles. The van der Waals surface area contributed by atoms with Gasteiger partial charge in [0.1, 0.15) is 0 Å². The van der Waals surface area contributed by atoms with Crippen LogP contribution in [-0.2, 0) is 9.59 Å². The third-order valence-corrected chi connectivity index (χ3v) is 5.73. The Labute approximate surface area is 186 Å². The fourth-order valence-electron chi connectivity index (χ4n) is 4.42. The van der Waals surface area contributed by atoms with Crippen LogP contribution in [0.15, 0.2) is 36.4 Å². The number of carbonyl (C=O) groups is 2. The van der Waals surface area contributed by atoms with Crippen molar-refractivity contribution in [2.24, 2.45) is 5.41 Å². The number of para-hydroxylation sites is 2. The first-order valence-corrected chi connectivity index (χ1v) is 10.5. The number of nitrogens with zero attached hydrogens (tertiary/aromatic N) is 3. The fraction of sp³-hybridized carbons (Fsp3) is 0.435. The van der Waals surface area contributed by atoms with E-state index in [4.69, 9.17) is 5.11 Å². The SMILES string of the molecule is Cc1nn(-c2ccccc2N([O-])O)c(C)c1[C@@H]1C=C[C@@H](NC(=O)CC(C)(C)CC(=O)O)C1. The van der Waals surface area contributed by atoms with Crippen LogP contribution in [0.1, 0.15) is 56.0 Å². The van der Waals surface area contributed by atoms with Crippen molar-refractivity contribution in [3.8, 4) is 5.69 Å². The summed E-state index contributed by atoms with van der Waals surface area (Å²) in [6.07, 6.45) is 4.70. The monoisotopic (exact) mass is 441 g/mol. The van der Waals surface area contributed by atoms with Crippen LogP contribution in [0.4, 0.5) is 5.69 Å². The number of benzene rings is 1. The Morgan fingerprint density at radius 1 is 1.25 bits per heavy atom. The molecule has 0 unspecified atom stereocenters. The number of allylic oxidation sites excluding steroid dienone is 1. The number of amides is 1. The van der Waals surface area contributed by atoms with E-state index in [1.807, 2.05) is 26.0 Å². The summed E-state index contributed by atoms with van der Waals surface area (Å²) < 4.78 is 1.65. The molecule has 2 atom stereocenters. The van der Waals surface area contributed by atoms with E-state index < -0.39 is 11.4 Å². The number of carbonyl (C=O) groups excluding carboxylic acids is 1. The zero-order valence-corrected chi connectivity index (χ0v) is 18.7. The predicted octanol–water partition coefficient (Wildman–Crippen LogP) is 3.60. The summed E-state index contributed by atoms with van der Waals surface area (Å²) in [6, 6.07) is 6.51. The minimum absolute atomic E-state index is 0.0331. The highest BCUT2D eigenvalue weighted by molar-refractivity contribution is 5.78. The van der Waals surface area contributed by atoms with E-state index in [-0.39, 0.29) is 41.6 Å². The Morgan fingerprint density at radius 3 is 2.59 bits per heavy atom. The van der Waals surface area contributed by atoms with E-state index in [0.717, 1.165) is 17.0 Å². The number of anilines is 1. The molecule has 1 aliphatic rings. The number of aromatic nitrogens is 2. The smallest absolute Gasteiger partial charge is 0.303 e. The number of aryl methyl sites for hydroxylation is 1. The van der Waals surface area contributed by atoms with Crippen molar-refractivity contribution < 1.29 is 19.9 Å². The lowest BCUT2D eigenvalue weighted by atomic mass is 9.85. The Kier molecular flexibility index (Phi) is 6.71.